The van der Waals surface area contributed by atoms with Crippen molar-refractivity contribution < 1.29 is 54.3 Å². The van der Waals surface area contributed by atoms with Gasteiger partial charge in [-0.15, -0.1) is 34.9 Å². The Morgan fingerprint density at radius 2 is 1.86 bits per heavy atom. The van der Waals surface area contributed by atoms with Crippen LogP contribution in [0.5, 0.6) is 11.5 Å². The van der Waals surface area contributed by atoms with E-state index in [0.717, 1.165) is 40.1 Å². The molecule has 0 spiro atoms. The maximum absolute atomic E-state index is 13.4. The highest BCUT2D eigenvalue weighted by molar-refractivity contribution is 8.01. The van der Waals surface area contributed by atoms with Crippen molar-refractivity contribution >= 4 is 81.2 Å². The van der Waals surface area contributed by atoms with E-state index >= 15 is 0 Å². The van der Waals surface area contributed by atoms with Gasteiger partial charge in [0.1, 0.15) is 46.3 Å². The second-order valence-electron chi connectivity index (χ2n) is 10.3. The first-order valence-corrected chi connectivity index (χ1v) is 16.7. The van der Waals surface area contributed by atoms with Gasteiger partial charge in [-0.05, 0) is 23.3 Å². The molecule has 0 radical (unpaired) electrons. The monoisotopic (exact) mass is 743 g/mol. The van der Waals surface area contributed by atoms with Gasteiger partial charge in [-0.2, -0.15) is 14.6 Å². The van der Waals surface area contributed by atoms with Crippen LogP contribution in [0.15, 0.2) is 51.4 Å². The molecule has 0 unspecified atom stereocenters. The predicted molar refractivity (Wildman–Crippen MR) is 173 cm³/mol. The van der Waals surface area contributed by atoms with Crippen LogP contribution in [0.25, 0.3) is 5.78 Å². The summed E-state index contributed by atoms with van der Waals surface area (Å²) in [7, 11) is 0. The highest BCUT2D eigenvalue weighted by atomic mass is 32.2. The van der Waals surface area contributed by atoms with Crippen molar-refractivity contribution in [2.24, 2.45) is 5.16 Å². The van der Waals surface area contributed by atoms with E-state index in [9.17, 15) is 49.5 Å². The van der Waals surface area contributed by atoms with Crippen LogP contribution in [0.3, 0.4) is 0 Å². The van der Waals surface area contributed by atoms with Gasteiger partial charge in [0.25, 0.3) is 17.6 Å². The first-order valence-electron chi connectivity index (χ1n) is 13.8. The summed E-state index contributed by atoms with van der Waals surface area (Å²) < 4.78 is 1.30. The topological polar surface area (TPSA) is 305 Å². The number of benzene rings is 1. The summed E-state index contributed by atoms with van der Waals surface area (Å²) in [5, 5.41) is 59.8. The number of phenols is 2. The van der Waals surface area contributed by atoms with E-state index in [4.69, 9.17) is 10.6 Å². The van der Waals surface area contributed by atoms with Gasteiger partial charge in [0, 0.05) is 23.0 Å². The third kappa shape index (κ3) is 6.42. The molecule has 3 aromatic heterocycles. The predicted octanol–water partition coefficient (Wildman–Crippen LogP) is 0.422. The number of nitrogen functional groups attached to an aromatic ring is 1. The molecule has 0 aliphatic carbocycles. The smallest absolute Gasteiger partial charge is 0.354 e. The van der Waals surface area contributed by atoms with E-state index in [0.29, 0.717) is 10.6 Å². The zero-order valence-corrected chi connectivity index (χ0v) is 27.2. The number of aromatic nitrogens is 5. The minimum atomic E-state index is -1.51. The number of carboxylic acids is 3. The van der Waals surface area contributed by atoms with Gasteiger partial charge < -0.3 is 41.4 Å². The summed E-state index contributed by atoms with van der Waals surface area (Å²) in [6.45, 7) is -0.452. The van der Waals surface area contributed by atoms with Crippen molar-refractivity contribution in [3.05, 3.63) is 63.7 Å². The normalized spacial score (nSPS) is 17.3. The Kier molecular flexibility index (Phi) is 9.18. The second kappa shape index (κ2) is 13.5. The number of nitrogens with one attached hydrogen (secondary N) is 1. The van der Waals surface area contributed by atoms with Crippen molar-refractivity contribution in [2.45, 2.75) is 23.0 Å². The number of oxime groups is 1. The lowest BCUT2D eigenvalue weighted by Gasteiger charge is -2.49. The minimum Gasteiger partial charge on any atom is -0.504 e. The molecular formula is C27H21N9O11S3. The molecule has 6 rings (SSSR count). The van der Waals surface area contributed by atoms with Crippen molar-refractivity contribution in [3.8, 4) is 11.5 Å². The number of thiazole rings is 1. The number of nitrogens with two attached hydrogens (primary N) is 1. The van der Waals surface area contributed by atoms with Crippen molar-refractivity contribution in [1.82, 2.24) is 34.8 Å². The lowest BCUT2D eigenvalue weighted by molar-refractivity contribution is -0.150. The average molecular weight is 744 g/mol. The van der Waals surface area contributed by atoms with Gasteiger partial charge in [-0.1, -0.05) is 5.16 Å². The lowest BCUT2D eigenvalue weighted by atomic mass is 10.0. The van der Waals surface area contributed by atoms with E-state index in [-0.39, 0.29) is 45.1 Å². The van der Waals surface area contributed by atoms with E-state index in [1.807, 2.05) is 0 Å². The molecule has 1 aromatic carbocycles. The summed E-state index contributed by atoms with van der Waals surface area (Å²) in [6, 6.07) is 2.18. The zero-order valence-electron chi connectivity index (χ0n) is 24.8. The van der Waals surface area contributed by atoms with Gasteiger partial charge in [0.15, 0.2) is 28.0 Å². The molecule has 2 amide bonds. The SMILES string of the molecule is Nc1nc(/C(=N/OCc2cc(O)c(O)c(C(=O)O)c2)C(=O)N[C@@H]2C(=O)N3C(C(=O)O)=C(CSc4cc(C(=O)O)nc5ncnn45)CS[C@H]23)cs1. The molecule has 1 fully saturated rings. The lowest BCUT2D eigenvalue weighted by Crippen LogP contribution is -2.71. The van der Waals surface area contributed by atoms with E-state index in [2.05, 4.69) is 30.5 Å². The Hall–Kier alpha value is -5.94. The van der Waals surface area contributed by atoms with Gasteiger partial charge >= 0.3 is 17.9 Å². The molecule has 4 aromatic rings. The van der Waals surface area contributed by atoms with Crippen molar-refractivity contribution in [1.29, 1.82) is 0 Å². The number of anilines is 1. The number of carboxylic acid groups (broad SMARTS) is 3. The number of hydrogen-bond donors (Lipinski definition) is 7. The summed E-state index contributed by atoms with van der Waals surface area (Å²) in [4.78, 5) is 80.2. The molecule has 0 bridgehead atoms. The number of amides is 2. The van der Waals surface area contributed by atoms with Gasteiger partial charge in [-0.3, -0.25) is 14.5 Å². The molecule has 258 valence electrons. The molecule has 2 atom stereocenters. The summed E-state index contributed by atoms with van der Waals surface area (Å²) >= 11 is 3.26. The van der Waals surface area contributed by atoms with Crippen LogP contribution in [-0.4, -0.2) is 113 Å². The largest absolute Gasteiger partial charge is 0.504 e. The number of carbonyl (C=O) groups is 5. The number of aromatic carboxylic acids is 2. The molecule has 23 heteroatoms. The summed E-state index contributed by atoms with van der Waals surface area (Å²) in [5.41, 5.74) is 4.61. The van der Waals surface area contributed by atoms with Crippen LogP contribution >= 0.6 is 34.9 Å². The third-order valence-electron chi connectivity index (χ3n) is 7.12. The minimum absolute atomic E-state index is 0.0150. The number of phenolic OH excluding ortho intramolecular Hbond substituents is 1. The Balaban J connectivity index is 1.18. The molecule has 0 saturated carbocycles. The zero-order chi connectivity index (χ0) is 35.9. The number of aromatic hydroxyl groups is 2. The maximum atomic E-state index is 13.4. The number of aliphatic carboxylic acids is 1. The van der Waals surface area contributed by atoms with Crippen LogP contribution in [0.1, 0.15) is 32.1 Å². The molecule has 8 N–H and O–H groups in total. The highest BCUT2D eigenvalue weighted by Gasteiger charge is 2.54. The van der Waals surface area contributed by atoms with Crippen molar-refractivity contribution in [2.75, 3.05) is 17.2 Å². The first-order chi connectivity index (χ1) is 23.8. The van der Waals surface area contributed by atoms with Gasteiger partial charge in [-0.25, -0.2) is 24.4 Å². The molecule has 5 heterocycles. The average Bonchev–Trinajstić information content (AvgIpc) is 3.74. The molecule has 2 aliphatic heterocycles. The Bertz CT molecular complexity index is 2170. The van der Waals surface area contributed by atoms with E-state index < -0.39 is 70.5 Å². The van der Waals surface area contributed by atoms with Crippen LogP contribution in [0, 0.1) is 0 Å². The molecule has 1 saturated heterocycles. The van der Waals surface area contributed by atoms with E-state index in [1.165, 1.54) is 34.1 Å². The van der Waals surface area contributed by atoms with E-state index in [1.54, 1.807) is 0 Å². The Labute approximate surface area is 290 Å². The number of hydrogen-bond acceptors (Lipinski definition) is 17. The van der Waals surface area contributed by atoms with Crippen LogP contribution in [0.2, 0.25) is 0 Å². The number of fused-ring (bicyclic) bond motifs is 2. The maximum Gasteiger partial charge on any atom is 0.354 e. The molecular weight excluding hydrogens is 723 g/mol. The number of β-lactam (4-membered cyclic amide) rings is 1. The number of thioether (sulfide) groups is 2. The fraction of sp³-hybridized carbons (Fsp3) is 0.185. The third-order valence-corrected chi connectivity index (χ3v) is 10.2. The molecule has 20 nitrogen and oxygen atoms in total. The Morgan fingerprint density at radius 1 is 1.08 bits per heavy atom. The Morgan fingerprint density at radius 3 is 2.54 bits per heavy atom. The van der Waals surface area contributed by atoms with Crippen molar-refractivity contribution in [3.63, 3.8) is 0 Å². The number of carbonyl (C=O) groups excluding carboxylic acids is 2. The quantitative estimate of drug-likeness (QED) is 0.0258. The molecule has 2 aliphatic rings. The van der Waals surface area contributed by atoms with Crippen LogP contribution in [-0.2, 0) is 25.8 Å². The highest BCUT2D eigenvalue weighted by Crippen LogP contribution is 2.42. The van der Waals surface area contributed by atoms with Gasteiger partial charge in [0.2, 0.25) is 0 Å². The molecule has 50 heavy (non-hydrogen) atoms. The van der Waals surface area contributed by atoms with Crippen LogP contribution < -0.4 is 11.1 Å². The second-order valence-corrected chi connectivity index (χ2v) is 13.3. The number of rotatable bonds is 12. The summed E-state index contributed by atoms with van der Waals surface area (Å²) in [5.74, 6) is -7.14. The first kappa shape index (κ1) is 33.9. The standard InChI is InChI=1S/C27H21N9O11S3/c28-26-31-13(7-50-26)16(34-47-4-9-1-11(23(41)42)19(38)14(37)2-9)20(39)33-17-21(40)35-18(25(45)46)10(6-49-22(17)35)5-48-15-3-12(24(43)44)32-27-29-8-30-36(15)27/h1-3,7-8,17,22,37-38H,4-6H2,(H2,28,31)(H,33,39)(H,41,42)(H,43,44)(H,45,46)/b34-16-/t17-,22-/m1/s1. The fourth-order valence-corrected chi connectivity index (χ4v) is 7.89. The van der Waals surface area contributed by atoms with Crippen LogP contribution in [0.4, 0.5) is 5.13 Å². The number of nitrogens with zero attached hydrogens (tertiary/aromatic N) is 7. The summed E-state index contributed by atoms with van der Waals surface area (Å²) in [6.07, 6.45) is 1.19. The van der Waals surface area contributed by atoms with Gasteiger partial charge in [0.05, 0.1) is 0 Å². The fourth-order valence-electron chi connectivity index (χ4n) is 4.86.